The quantitative estimate of drug-likeness (QED) is 0.0365. The first-order valence-electron chi connectivity index (χ1n) is 21.7. The zero-order valence-corrected chi connectivity index (χ0v) is 37.3. The molecule has 3 aromatic rings. The van der Waals surface area contributed by atoms with E-state index in [1.165, 1.54) is 24.3 Å². The molecule has 1 saturated carbocycles. The summed E-state index contributed by atoms with van der Waals surface area (Å²) in [6.45, 7) is 12.3. The molecule has 6 rings (SSSR count). The Morgan fingerprint density at radius 1 is 1.02 bits per heavy atom. The van der Waals surface area contributed by atoms with E-state index in [-0.39, 0.29) is 62.0 Å². The van der Waals surface area contributed by atoms with Gasteiger partial charge in [0, 0.05) is 54.7 Å². The van der Waals surface area contributed by atoms with Crippen LogP contribution in [0.15, 0.2) is 101 Å². The number of thioether (sulfide) groups is 1. The number of unbranched alkanes of at least 4 members (excludes halogenated alkanes) is 2. The highest BCUT2D eigenvalue weighted by molar-refractivity contribution is 7.98. The van der Waals surface area contributed by atoms with Crippen molar-refractivity contribution in [3.63, 3.8) is 0 Å². The lowest BCUT2D eigenvalue weighted by Gasteiger charge is -2.60. The standard InChI is InChI=1S/C48H61N3O10S/c1-7-25-50(46(54)59-35-17-15-33(16-18-35)51(55)56)43-31-41(49-61-47(3,4)5)39-29-32(13-9-11-26-52)38(14-10-12-27-53)44-40-30-36(58-34-19-22-37(62-6)23-20-34)21-24-42(40)60-48(43,45(39)44)57-28-8-2/h8,15-24,29-30,32,38,43-45,52-53H,2,7,9-14,25-28,31H2,1,3-6H3/t32-,38+,43-,44+,45+,48+/m0/s1. The Kier molecular flexibility index (Phi) is 15.8. The number of fused-ring (bicyclic) bond motifs is 2. The molecule has 0 saturated heterocycles. The first-order valence-corrected chi connectivity index (χ1v) is 22.9. The number of hydrogen-bond donors (Lipinski definition) is 2. The maximum Gasteiger partial charge on any atom is 0.415 e. The van der Waals surface area contributed by atoms with Crippen molar-refractivity contribution < 1.29 is 43.7 Å². The summed E-state index contributed by atoms with van der Waals surface area (Å²) < 4.78 is 26.9. The number of nitro groups is 1. The van der Waals surface area contributed by atoms with Crippen LogP contribution in [0.4, 0.5) is 10.5 Å². The number of aliphatic hydroxyl groups is 2. The predicted molar refractivity (Wildman–Crippen MR) is 240 cm³/mol. The number of benzene rings is 3. The van der Waals surface area contributed by atoms with Crippen molar-refractivity contribution in [3.05, 3.63) is 107 Å². The minimum Gasteiger partial charge on any atom is -0.459 e. The molecule has 62 heavy (non-hydrogen) atoms. The Labute approximate surface area is 369 Å². The summed E-state index contributed by atoms with van der Waals surface area (Å²) in [7, 11) is 0. The largest absolute Gasteiger partial charge is 0.459 e. The lowest BCUT2D eigenvalue weighted by atomic mass is 9.55. The Bertz CT molecular complexity index is 2070. The van der Waals surface area contributed by atoms with Crippen LogP contribution in [0, 0.1) is 27.9 Å². The molecule has 3 aliphatic rings. The molecule has 0 spiro atoms. The monoisotopic (exact) mass is 871 g/mol. The minimum absolute atomic E-state index is 0.0229. The molecule has 1 amide bonds. The van der Waals surface area contributed by atoms with Crippen LogP contribution in [0.1, 0.15) is 90.5 Å². The molecule has 0 bridgehead atoms. The van der Waals surface area contributed by atoms with Crippen LogP contribution in [0.3, 0.4) is 0 Å². The van der Waals surface area contributed by atoms with Gasteiger partial charge in [0.25, 0.3) is 5.69 Å². The third-order valence-electron chi connectivity index (χ3n) is 11.7. The number of nitrogens with zero attached hydrogens (tertiary/aromatic N) is 3. The van der Waals surface area contributed by atoms with E-state index in [2.05, 4.69) is 18.7 Å². The average molecular weight is 872 g/mol. The molecule has 3 aromatic carbocycles. The van der Waals surface area contributed by atoms with E-state index >= 15 is 0 Å². The Hall–Kier alpha value is -4.89. The first kappa shape index (κ1) is 46.6. The summed E-state index contributed by atoms with van der Waals surface area (Å²) in [6, 6.07) is 18.4. The fraction of sp³-hybridized carbons (Fsp3) is 0.500. The zero-order valence-electron chi connectivity index (χ0n) is 36.5. The van der Waals surface area contributed by atoms with Crippen LogP contribution < -0.4 is 14.2 Å². The molecule has 1 aliphatic heterocycles. The van der Waals surface area contributed by atoms with Gasteiger partial charge in [-0.1, -0.05) is 37.1 Å². The summed E-state index contributed by atoms with van der Waals surface area (Å²) in [6.07, 6.45) is 10.6. The average Bonchev–Trinajstić information content (AvgIpc) is 3.25. The number of carbonyl (C=O) groups excluding carboxylic acids is 1. The van der Waals surface area contributed by atoms with E-state index in [9.17, 15) is 25.1 Å². The van der Waals surface area contributed by atoms with Gasteiger partial charge in [0.2, 0.25) is 5.79 Å². The highest BCUT2D eigenvalue weighted by Crippen LogP contribution is 2.62. The maximum atomic E-state index is 14.6. The number of carbonyl (C=O) groups is 1. The molecular weight excluding hydrogens is 811 g/mol. The van der Waals surface area contributed by atoms with Crippen molar-refractivity contribution in [3.8, 4) is 23.0 Å². The number of ether oxygens (including phenoxy) is 4. The zero-order chi connectivity index (χ0) is 44.4. The number of nitro benzene ring substituents is 1. The van der Waals surface area contributed by atoms with E-state index < -0.39 is 34.4 Å². The van der Waals surface area contributed by atoms with Gasteiger partial charge in [-0.15, -0.1) is 18.3 Å². The van der Waals surface area contributed by atoms with Crippen molar-refractivity contribution in [1.82, 2.24) is 4.90 Å². The SMILES string of the molecule is C=CCO[C@@]12Oc3ccc(Oc4ccc(SC)cc4)cc3[C@H]3[C@H](CCCCO)[C@@H](CCCCO)C=C(C(=NOC(C)(C)C)C[C@@H]1N(CCC)C(=O)Oc1ccc([N+](=O)[O-])cc1)[C@H]32. The second-order valence-corrected chi connectivity index (χ2v) is 17.9. The number of rotatable bonds is 20. The molecule has 0 aromatic heterocycles. The molecule has 13 nitrogen and oxygen atoms in total. The Balaban J connectivity index is 1.57. The lowest BCUT2D eigenvalue weighted by molar-refractivity contribution is -0.384. The fourth-order valence-electron chi connectivity index (χ4n) is 9.09. The minimum atomic E-state index is -1.48. The smallest absolute Gasteiger partial charge is 0.415 e. The van der Waals surface area contributed by atoms with Crippen LogP contribution >= 0.6 is 11.8 Å². The third kappa shape index (κ3) is 10.6. The van der Waals surface area contributed by atoms with Crippen molar-refractivity contribution in [2.24, 2.45) is 22.9 Å². The first-order chi connectivity index (χ1) is 29.9. The lowest BCUT2D eigenvalue weighted by Crippen LogP contribution is -2.70. The molecule has 0 unspecified atom stereocenters. The number of non-ortho nitro benzene ring substituents is 1. The van der Waals surface area contributed by atoms with E-state index in [1.807, 2.05) is 70.3 Å². The van der Waals surface area contributed by atoms with Gasteiger partial charge in [-0.05, 0) is 131 Å². The van der Waals surface area contributed by atoms with Crippen molar-refractivity contribution in [1.29, 1.82) is 0 Å². The van der Waals surface area contributed by atoms with Crippen LogP contribution in [0.25, 0.3) is 0 Å². The molecule has 0 radical (unpaired) electrons. The van der Waals surface area contributed by atoms with Gasteiger partial charge in [0.15, 0.2) is 0 Å². The normalized spacial score (nSPS) is 23.3. The van der Waals surface area contributed by atoms with Gasteiger partial charge in [0.1, 0.15) is 34.6 Å². The molecule has 6 atom stereocenters. The summed E-state index contributed by atoms with van der Waals surface area (Å²) >= 11 is 1.66. The Morgan fingerprint density at radius 2 is 1.69 bits per heavy atom. The maximum absolute atomic E-state index is 14.6. The van der Waals surface area contributed by atoms with Gasteiger partial charge in [-0.2, -0.15) is 0 Å². The number of oxime groups is 1. The fourth-order valence-corrected chi connectivity index (χ4v) is 9.50. The second-order valence-electron chi connectivity index (χ2n) is 17.1. The van der Waals surface area contributed by atoms with Crippen molar-refractivity contribution in [2.75, 3.05) is 32.6 Å². The number of amides is 1. The summed E-state index contributed by atoms with van der Waals surface area (Å²) in [4.78, 5) is 34.5. The van der Waals surface area contributed by atoms with E-state index in [1.54, 1.807) is 22.7 Å². The second kappa shape index (κ2) is 21.0. The summed E-state index contributed by atoms with van der Waals surface area (Å²) in [5.74, 6) is -0.0899. The van der Waals surface area contributed by atoms with Crippen LogP contribution in [-0.2, 0) is 9.57 Å². The van der Waals surface area contributed by atoms with Crippen LogP contribution in [0.2, 0.25) is 0 Å². The molecule has 2 aliphatic carbocycles. The molecule has 2 N–H and O–H groups in total. The highest BCUT2D eigenvalue weighted by atomic mass is 32.2. The van der Waals surface area contributed by atoms with Crippen LogP contribution in [-0.4, -0.2) is 81.9 Å². The molecule has 1 fully saturated rings. The van der Waals surface area contributed by atoms with E-state index in [0.29, 0.717) is 42.2 Å². The topological polar surface area (TPSA) is 162 Å². The molecule has 334 valence electrons. The van der Waals surface area contributed by atoms with E-state index in [4.69, 9.17) is 28.9 Å². The van der Waals surface area contributed by atoms with Gasteiger partial charge < -0.3 is 34.0 Å². The van der Waals surface area contributed by atoms with E-state index in [0.717, 1.165) is 41.7 Å². The van der Waals surface area contributed by atoms with Gasteiger partial charge in [-0.3, -0.25) is 15.0 Å². The summed E-state index contributed by atoms with van der Waals surface area (Å²) in [5.41, 5.74) is 1.76. The van der Waals surface area contributed by atoms with Crippen molar-refractivity contribution in [2.45, 2.75) is 107 Å². The van der Waals surface area contributed by atoms with Crippen LogP contribution in [0.5, 0.6) is 23.0 Å². The number of allylic oxidation sites excluding steroid dienone is 1. The summed E-state index contributed by atoms with van der Waals surface area (Å²) in [5, 5.41) is 36.2. The van der Waals surface area contributed by atoms with Gasteiger partial charge in [-0.25, -0.2) is 4.79 Å². The Morgan fingerprint density at radius 3 is 2.32 bits per heavy atom. The van der Waals surface area contributed by atoms with Gasteiger partial charge >= 0.3 is 6.09 Å². The molecular formula is C48H61N3O10S. The molecule has 14 heteroatoms. The number of aliphatic hydroxyl groups excluding tert-OH is 2. The van der Waals surface area contributed by atoms with Gasteiger partial charge in [0.05, 0.1) is 23.2 Å². The third-order valence-corrected chi connectivity index (χ3v) is 12.4. The van der Waals surface area contributed by atoms with Crippen molar-refractivity contribution >= 4 is 29.3 Å². The molecule has 1 heterocycles. The predicted octanol–water partition coefficient (Wildman–Crippen LogP) is 10.5. The number of hydrogen-bond acceptors (Lipinski definition) is 12. The highest BCUT2D eigenvalue weighted by Gasteiger charge is 2.65.